The first-order chi connectivity index (χ1) is 11.7. The monoisotopic (exact) mass is 331 g/mol. The molecule has 1 N–H and O–H groups in total. The predicted molar refractivity (Wildman–Crippen MR) is 106 cm³/mol. The lowest BCUT2D eigenvalue weighted by Gasteiger charge is -2.38. The number of piperazine rings is 1. The van der Waals surface area contributed by atoms with Crippen molar-refractivity contribution in [2.45, 2.75) is 46.5 Å². The van der Waals surface area contributed by atoms with Crippen molar-refractivity contribution >= 4 is 5.69 Å². The van der Waals surface area contributed by atoms with Gasteiger partial charge < -0.3 is 10.2 Å². The highest BCUT2D eigenvalue weighted by Gasteiger charge is 2.21. The van der Waals surface area contributed by atoms with Crippen LogP contribution in [0.2, 0.25) is 0 Å². The molecule has 3 rings (SSSR count). The summed E-state index contributed by atoms with van der Waals surface area (Å²) in [5, 5.41) is 3.47. The summed E-state index contributed by atoms with van der Waals surface area (Å²) in [5.74, 6) is 1.53. The molecule has 24 heavy (non-hydrogen) atoms. The van der Waals surface area contributed by atoms with E-state index in [1.165, 1.54) is 69.9 Å². The molecule has 1 aromatic carbocycles. The quantitative estimate of drug-likeness (QED) is 0.901. The minimum absolute atomic E-state index is 0.612. The van der Waals surface area contributed by atoms with E-state index in [0.717, 1.165) is 5.92 Å². The van der Waals surface area contributed by atoms with Gasteiger partial charge in [-0.25, -0.2) is 0 Å². The third kappa shape index (κ3) is 5.49. The molecule has 0 aliphatic carbocycles. The van der Waals surface area contributed by atoms with Crippen LogP contribution in [0.5, 0.6) is 0 Å². The van der Waals surface area contributed by atoms with E-state index < -0.39 is 0 Å². The van der Waals surface area contributed by atoms with Crippen LogP contribution in [-0.2, 0) is 0 Å². The van der Waals surface area contributed by atoms with Crippen molar-refractivity contribution in [1.82, 2.24) is 10.2 Å². The highest BCUT2D eigenvalue weighted by Crippen LogP contribution is 2.23. The minimum Gasteiger partial charge on any atom is -0.369 e. The molecule has 0 radical (unpaired) electrons. The second-order valence-corrected chi connectivity index (χ2v) is 7.23. The van der Waals surface area contributed by atoms with Gasteiger partial charge in [0.1, 0.15) is 0 Å². The summed E-state index contributed by atoms with van der Waals surface area (Å²) in [7, 11) is 0. The molecule has 0 amide bonds. The van der Waals surface area contributed by atoms with Crippen molar-refractivity contribution in [2.24, 2.45) is 5.92 Å². The van der Waals surface area contributed by atoms with Gasteiger partial charge in [-0.1, -0.05) is 39.8 Å². The van der Waals surface area contributed by atoms with Crippen LogP contribution < -0.4 is 10.2 Å². The average molecular weight is 332 g/mol. The fourth-order valence-corrected chi connectivity index (χ4v) is 3.70. The number of nitrogens with zero attached hydrogens (tertiary/aromatic N) is 2. The van der Waals surface area contributed by atoms with Crippen LogP contribution in [0.15, 0.2) is 24.3 Å². The SMILES string of the molecule is CC.CC(C)c1cccc(N2CCN(CC3CCNCC3)CC2)c1. The maximum atomic E-state index is 3.47. The highest BCUT2D eigenvalue weighted by molar-refractivity contribution is 5.49. The van der Waals surface area contributed by atoms with Crippen molar-refractivity contribution in [3.63, 3.8) is 0 Å². The summed E-state index contributed by atoms with van der Waals surface area (Å²) in [5.41, 5.74) is 2.86. The lowest BCUT2D eigenvalue weighted by atomic mass is 9.97. The number of hydrogen-bond donors (Lipinski definition) is 1. The Bertz CT molecular complexity index is 458. The van der Waals surface area contributed by atoms with Gasteiger partial charge in [0.05, 0.1) is 0 Å². The molecule has 3 nitrogen and oxygen atoms in total. The smallest absolute Gasteiger partial charge is 0.0369 e. The molecule has 0 unspecified atom stereocenters. The number of anilines is 1. The Hall–Kier alpha value is -1.06. The van der Waals surface area contributed by atoms with Crippen LogP contribution in [0, 0.1) is 5.92 Å². The average Bonchev–Trinajstić information content (AvgIpc) is 2.65. The van der Waals surface area contributed by atoms with Gasteiger partial charge >= 0.3 is 0 Å². The van der Waals surface area contributed by atoms with Gasteiger partial charge in [-0.3, -0.25) is 4.90 Å². The summed E-state index contributed by atoms with van der Waals surface area (Å²) in [6.07, 6.45) is 2.72. The highest BCUT2D eigenvalue weighted by atomic mass is 15.3. The molecule has 136 valence electrons. The molecular formula is C21H37N3. The molecule has 0 bridgehead atoms. The molecule has 1 aromatic rings. The Balaban J connectivity index is 0.00000100. The van der Waals surface area contributed by atoms with Gasteiger partial charge in [-0.05, 0) is 55.5 Å². The zero-order chi connectivity index (χ0) is 17.4. The Morgan fingerprint density at radius 1 is 1.04 bits per heavy atom. The molecule has 2 heterocycles. The fourth-order valence-electron chi connectivity index (χ4n) is 3.70. The van der Waals surface area contributed by atoms with Gasteiger partial charge in [-0.2, -0.15) is 0 Å². The van der Waals surface area contributed by atoms with Gasteiger partial charge in [0, 0.05) is 38.4 Å². The molecule has 0 saturated carbocycles. The molecule has 2 saturated heterocycles. The van der Waals surface area contributed by atoms with Gasteiger partial charge in [0.2, 0.25) is 0 Å². The maximum Gasteiger partial charge on any atom is 0.0369 e. The van der Waals surface area contributed by atoms with Gasteiger partial charge in [0.25, 0.3) is 0 Å². The second kappa shape index (κ2) is 10.0. The van der Waals surface area contributed by atoms with Crippen LogP contribution in [0.1, 0.15) is 52.0 Å². The van der Waals surface area contributed by atoms with Crippen LogP contribution >= 0.6 is 0 Å². The molecular weight excluding hydrogens is 294 g/mol. The Morgan fingerprint density at radius 2 is 1.71 bits per heavy atom. The first kappa shape index (κ1) is 19.3. The molecule has 0 atom stereocenters. The van der Waals surface area contributed by atoms with Crippen LogP contribution in [0.25, 0.3) is 0 Å². The topological polar surface area (TPSA) is 18.5 Å². The lowest BCUT2D eigenvalue weighted by Crippen LogP contribution is -2.48. The molecule has 2 aliphatic heterocycles. The summed E-state index contributed by atoms with van der Waals surface area (Å²) in [4.78, 5) is 5.24. The maximum absolute atomic E-state index is 3.47. The number of rotatable bonds is 4. The van der Waals surface area contributed by atoms with Crippen molar-refractivity contribution in [3.8, 4) is 0 Å². The standard InChI is InChI=1S/C19H31N3.C2H6/c1-16(2)18-4-3-5-19(14-18)22-12-10-21(11-13-22)15-17-6-8-20-9-7-17;1-2/h3-5,14,16-17,20H,6-13,15H2,1-2H3;1-2H3. The largest absolute Gasteiger partial charge is 0.369 e. The van der Waals surface area contributed by atoms with Crippen molar-refractivity contribution < 1.29 is 0 Å². The Morgan fingerprint density at radius 3 is 2.33 bits per heavy atom. The molecule has 2 fully saturated rings. The normalized spacial score (nSPS) is 20.0. The Labute approximate surface area is 149 Å². The molecule has 3 heteroatoms. The van der Waals surface area contributed by atoms with Gasteiger partial charge in [-0.15, -0.1) is 0 Å². The number of benzene rings is 1. The van der Waals surface area contributed by atoms with Crippen LogP contribution in [0.4, 0.5) is 5.69 Å². The molecule has 2 aliphatic rings. The van der Waals surface area contributed by atoms with E-state index in [2.05, 4.69) is 53.2 Å². The zero-order valence-electron chi connectivity index (χ0n) is 16.2. The Kier molecular flexibility index (Phi) is 8.07. The summed E-state index contributed by atoms with van der Waals surface area (Å²) in [6.45, 7) is 17.1. The molecule has 0 aromatic heterocycles. The van der Waals surface area contributed by atoms with Crippen molar-refractivity contribution in [3.05, 3.63) is 29.8 Å². The zero-order valence-corrected chi connectivity index (χ0v) is 16.2. The predicted octanol–water partition coefficient (Wildman–Crippen LogP) is 3.96. The minimum atomic E-state index is 0.612. The van der Waals surface area contributed by atoms with Crippen molar-refractivity contribution in [1.29, 1.82) is 0 Å². The summed E-state index contributed by atoms with van der Waals surface area (Å²) in [6, 6.07) is 9.12. The third-order valence-corrected chi connectivity index (χ3v) is 5.25. The second-order valence-electron chi connectivity index (χ2n) is 7.23. The van der Waals surface area contributed by atoms with Crippen molar-refractivity contribution in [2.75, 3.05) is 50.7 Å². The van der Waals surface area contributed by atoms with E-state index in [1.807, 2.05) is 13.8 Å². The number of nitrogens with one attached hydrogen (secondary N) is 1. The summed E-state index contributed by atoms with van der Waals surface area (Å²) < 4.78 is 0. The van der Waals surface area contributed by atoms with E-state index >= 15 is 0 Å². The van der Waals surface area contributed by atoms with Gasteiger partial charge in [0.15, 0.2) is 0 Å². The third-order valence-electron chi connectivity index (χ3n) is 5.25. The van der Waals surface area contributed by atoms with E-state index in [1.54, 1.807) is 0 Å². The lowest BCUT2D eigenvalue weighted by molar-refractivity contribution is 0.196. The summed E-state index contributed by atoms with van der Waals surface area (Å²) >= 11 is 0. The van der Waals surface area contributed by atoms with E-state index in [0.29, 0.717) is 5.92 Å². The van der Waals surface area contributed by atoms with E-state index in [4.69, 9.17) is 0 Å². The van der Waals surface area contributed by atoms with Crippen LogP contribution in [-0.4, -0.2) is 50.7 Å². The van der Waals surface area contributed by atoms with Crippen LogP contribution in [0.3, 0.4) is 0 Å². The van der Waals surface area contributed by atoms with E-state index in [-0.39, 0.29) is 0 Å². The molecule has 0 spiro atoms. The van der Waals surface area contributed by atoms with E-state index in [9.17, 15) is 0 Å². The number of hydrogen-bond acceptors (Lipinski definition) is 3. The first-order valence-electron chi connectivity index (χ1n) is 10.0. The number of piperidine rings is 1. The fraction of sp³-hybridized carbons (Fsp3) is 0.714. The first-order valence-corrected chi connectivity index (χ1v) is 10.0.